The molecule has 2 rings (SSSR count). The number of benzene rings is 2. The van der Waals surface area contributed by atoms with Crippen LogP contribution in [0.1, 0.15) is 15.9 Å². The van der Waals surface area contributed by atoms with Crippen LogP contribution in [-0.2, 0) is 0 Å². The first kappa shape index (κ1) is 12.1. The molecule has 0 fully saturated rings. The van der Waals surface area contributed by atoms with Gasteiger partial charge in [0.25, 0.3) is 5.91 Å². The van der Waals surface area contributed by atoms with Crippen LogP contribution in [0.2, 0.25) is 0 Å². The van der Waals surface area contributed by atoms with E-state index in [1.54, 1.807) is 18.2 Å². The largest absolute Gasteiger partial charge is 0.398 e. The summed E-state index contributed by atoms with van der Waals surface area (Å²) in [5, 5.41) is 2.67. The molecule has 4 heteroatoms. The summed E-state index contributed by atoms with van der Waals surface area (Å²) in [5.74, 6) is -0.610. The molecule has 0 heterocycles. The van der Waals surface area contributed by atoms with Crippen molar-refractivity contribution >= 4 is 17.3 Å². The molecule has 2 aromatic carbocycles. The maximum Gasteiger partial charge on any atom is 0.255 e. The molecule has 2 aromatic rings. The van der Waals surface area contributed by atoms with Gasteiger partial charge in [-0.15, -0.1) is 0 Å². The predicted octanol–water partition coefficient (Wildman–Crippen LogP) is 2.97. The van der Waals surface area contributed by atoms with E-state index >= 15 is 0 Å². The summed E-state index contributed by atoms with van der Waals surface area (Å²) in [4.78, 5) is 11.9. The first-order valence-electron chi connectivity index (χ1n) is 5.49. The molecule has 0 saturated carbocycles. The highest BCUT2D eigenvalue weighted by Gasteiger charge is 2.07. The van der Waals surface area contributed by atoms with Gasteiger partial charge in [-0.25, -0.2) is 4.39 Å². The first-order valence-corrected chi connectivity index (χ1v) is 5.49. The number of amides is 1. The number of carbonyl (C=O) groups excluding carboxylic acids is 1. The van der Waals surface area contributed by atoms with Gasteiger partial charge < -0.3 is 11.1 Å². The van der Waals surface area contributed by atoms with Gasteiger partial charge in [0.05, 0.1) is 0 Å². The average molecular weight is 244 g/mol. The summed E-state index contributed by atoms with van der Waals surface area (Å²) >= 11 is 0. The van der Waals surface area contributed by atoms with Crippen LogP contribution >= 0.6 is 0 Å². The topological polar surface area (TPSA) is 55.1 Å². The summed E-state index contributed by atoms with van der Waals surface area (Å²) < 4.78 is 12.7. The molecular formula is C14H13FN2O. The van der Waals surface area contributed by atoms with E-state index in [1.807, 2.05) is 6.92 Å². The molecule has 0 aliphatic carbocycles. The third kappa shape index (κ3) is 2.66. The summed E-state index contributed by atoms with van der Waals surface area (Å²) in [7, 11) is 0. The van der Waals surface area contributed by atoms with Crippen molar-refractivity contribution in [1.29, 1.82) is 0 Å². The highest BCUT2D eigenvalue weighted by molar-refractivity contribution is 6.04. The normalized spacial score (nSPS) is 10.1. The molecule has 1 amide bonds. The molecular weight excluding hydrogens is 231 g/mol. The zero-order valence-electron chi connectivity index (χ0n) is 9.91. The van der Waals surface area contributed by atoms with Gasteiger partial charge in [-0.05, 0) is 48.9 Å². The van der Waals surface area contributed by atoms with Crippen LogP contribution in [0, 0.1) is 12.7 Å². The van der Waals surface area contributed by atoms with Crippen LogP contribution in [0.5, 0.6) is 0 Å². The molecule has 18 heavy (non-hydrogen) atoms. The lowest BCUT2D eigenvalue weighted by molar-refractivity contribution is 0.102. The fraction of sp³-hybridized carbons (Fsp3) is 0.0714. The Bertz CT molecular complexity index is 579. The van der Waals surface area contributed by atoms with Gasteiger partial charge in [-0.1, -0.05) is 6.07 Å². The standard InChI is InChI=1S/C14H13FN2O/c1-9-2-3-10(8-13(9)16)14(18)17-12-6-4-11(15)5-7-12/h2-8H,16H2,1H3,(H,17,18). The van der Waals surface area contributed by atoms with Crippen molar-refractivity contribution < 1.29 is 9.18 Å². The maximum absolute atomic E-state index is 12.7. The highest BCUT2D eigenvalue weighted by atomic mass is 19.1. The van der Waals surface area contributed by atoms with Crippen molar-refractivity contribution in [3.8, 4) is 0 Å². The SMILES string of the molecule is Cc1ccc(C(=O)Nc2ccc(F)cc2)cc1N. The number of aryl methyl sites for hydroxylation is 1. The number of nitrogens with two attached hydrogens (primary N) is 1. The van der Waals surface area contributed by atoms with Crippen LogP contribution in [0.25, 0.3) is 0 Å². The van der Waals surface area contributed by atoms with Crippen LogP contribution in [0.3, 0.4) is 0 Å². The van der Waals surface area contributed by atoms with Crippen molar-refractivity contribution in [1.82, 2.24) is 0 Å². The minimum absolute atomic E-state index is 0.270. The molecule has 0 aliphatic rings. The predicted molar refractivity (Wildman–Crippen MR) is 69.9 cm³/mol. The van der Waals surface area contributed by atoms with Crippen LogP contribution in [-0.4, -0.2) is 5.91 Å². The Labute approximate surface area is 104 Å². The van der Waals surface area contributed by atoms with E-state index in [4.69, 9.17) is 5.73 Å². The maximum atomic E-state index is 12.7. The summed E-state index contributed by atoms with van der Waals surface area (Å²) in [6.45, 7) is 1.87. The van der Waals surface area contributed by atoms with Crippen molar-refractivity contribution in [2.45, 2.75) is 6.92 Å². The molecule has 0 bridgehead atoms. The van der Waals surface area contributed by atoms with E-state index in [-0.39, 0.29) is 11.7 Å². The van der Waals surface area contributed by atoms with E-state index in [9.17, 15) is 9.18 Å². The summed E-state index contributed by atoms with van der Waals surface area (Å²) in [6.07, 6.45) is 0. The molecule has 0 spiro atoms. The lowest BCUT2D eigenvalue weighted by Gasteiger charge is -2.07. The zero-order chi connectivity index (χ0) is 13.1. The van der Waals surface area contributed by atoms with Crippen molar-refractivity contribution in [3.63, 3.8) is 0 Å². The van der Waals surface area contributed by atoms with E-state index < -0.39 is 0 Å². The lowest BCUT2D eigenvalue weighted by atomic mass is 10.1. The van der Waals surface area contributed by atoms with Gasteiger partial charge in [0.2, 0.25) is 0 Å². The van der Waals surface area contributed by atoms with Gasteiger partial charge in [0.1, 0.15) is 5.82 Å². The Balaban J connectivity index is 2.16. The lowest BCUT2D eigenvalue weighted by Crippen LogP contribution is -2.12. The quantitative estimate of drug-likeness (QED) is 0.798. The van der Waals surface area contributed by atoms with Gasteiger partial charge in [0.15, 0.2) is 0 Å². The van der Waals surface area contributed by atoms with E-state index in [2.05, 4.69) is 5.32 Å². The Morgan fingerprint density at radius 3 is 2.44 bits per heavy atom. The van der Waals surface area contributed by atoms with E-state index in [1.165, 1.54) is 24.3 Å². The Morgan fingerprint density at radius 2 is 1.83 bits per heavy atom. The second kappa shape index (κ2) is 4.87. The fourth-order valence-corrected chi connectivity index (χ4v) is 1.52. The number of hydrogen-bond donors (Lipinski definition) is 2. The molecule has 0 aromatic heterocycles. The number of halogens is 1. The van der Waals surface area contributed by atoms with Gasteiger partial charge >= 0.3 is 0 Å². The molecule has 0 saturated heterocycles. The second-order valence-electron chi connectivity index (χ2n) is 4.03. The molecule has 0 unspecified atom stereocenters. The van der Waals surface area contributed by atoms with E-state index in [0.29, 0.717) is 16.9 Å². The van der Waals surface area contributed by atoms with Crippen LogP contribution in [0.4, 0.5) is 15.8 Å². The van der Waals surface area contributed by atoms with Crippen molar-refractivity contribution in [2.75, 3.05) is 11.1 Å². The number of carbonyl (C=O) groups is 1. The Morgan fingerprint density at radius 1 is 1.17 bits per heavy atom. The molecule has 3 nitrogen and oxygen atoms in total. The van der Waals surface area contributed by atoms with E-state index in [0.717, 1.165) is 5.56 Å². The number of hydrogen-bond acceptors (Lipinski definition) is 2. The average Bonchev–Trinajstić information content (AvgIpc) is 2.35. The van der Waals surface area contributed by atoms with Crippen molar-refractivity contribution in [2.24, 2.45) is 0 Å². The fourth-order valence-electron chi connectivity index (χ4n) is 1.52. The van der Waals surface area contributed by atoms with Crippen LogP contribution < -0.4 is 11.1 Å². The van der Waals surface area contributed by atoms with Gasteiger partial charge in [-0.2, -0.15) is 0 Å². The Kier molecular flexibility index (Phi) is 3.28. The van der Waals surface area contributed by atoms with Crippen LogP contribution in [0.15, 0.2) is 42.5 Å². The number of rotatable bonds is 2. The highest BCUT2D eigenvalue weighted by Crippen LogP contribution is 2.15. The van der Waals surface area contributed by atoms with Crippen molar-refractivity contribution in [3.05, 3.63) is 59.4 Å². The third-order valence-corrected chi connectivity index (χ3v) is 2.64. The minimum atomic E-state index is -0.340. The summed E-state index contributed by atoms with van der Waals surface area (Å²) in [5.41, 5.74) is 8.25. The minimum Gasteiger partial charge on any atom is -0.398 e. The molecule has 0 aliphatic heterocycles. The summed E-state index contributed by atoms with van der Waals surface area (Å²) in [6, 6.07) is 10.7. The number of anilines is 2. The van der Waals surface area contributed by atoms with Gasteiger partial charge in [0, 0.05) is 16.9 Å². The zero-order valence-corrected chi connectivity index (χ0v) is 9.91. The third-order valence-electron chi connectivity index (χ3n) is 2.64. The molecule has 3 N–H and O–H groups in total. The van der Waals surface area contributed by atoms with Gasteiger partial charge in [-0.3, -0.25) is 4.79 Å². The molecule has 0 atom stereocenters. The number of nitrogen functional groups attached to an aromatic ring is 1. The second-order valence-corrected chi connectivity index (χ2v) is 4.03. The number of nitrogens with one attached hydrogen (secondary N) is 1. The smallest absolute Gasteiger partial charge is 0.255 e. The monoisotopic (exact) mass is 244 g/mol. The Hall–Kier alpha value is -2.36. The first-order chi connectivity index (χ1) is 8.56. The molecule has 92 valence electrons. The molecule has 0 radical (unpaired) electrons.